The quantitative estimate of drug-likeness (QED) is 0.902. The molecule has 21 heavy (non-hydrogen) atoms. The van der Waals surface area contributed by atoms with Gasteiger partial charge in [-0.05, 0) is 32.9 Å². The topological polar surface area (TPSA) is 74.7 Å². The van der Waals surface area contributed by atoms with Gasteiger partial charge < -0.3 is 5.11 Å². The lowest BCUT2D eigenvalue weighted by Crippen LogP contribution is -2.46. The first-order valence-corrected chi connectivity index (χ1v) is 7.60. The van der Waals surface area contributed by atoms with E-state index in [4.69, 9.17) is 5.11 Å². The number of rotatable bonds is 5. The fourth-order valence-corrected chi connectivity index (χ4v) is 3.65. The summed E-state index contributed by atoms with van der Waals surface area (Å²) in [6.07, 6.45) is -0.417. The third-order valence-corrected chi connectivity index (χ3v) is 4.94. The maximum absolute atomic E-state index is 13.7. The number of halogens is 2. The molecule has 1 aromatic rings. The molecule has 1 rings (SSSR count). The Morgan fingerprint density at radius 2 is 1.86 bits per heavy atom. The smallest absolute Gasteiger partial charge is 0.304 e. The first-order chi connectivity index (χ1) is 9.46. The Bertz CT molecular complexity index is 638. The van der Waals surface area contributed by atoms with Crippen molar-refractivity contribution in [2.45, 2.75) is 37.6 Å². The van der Waals surface area contributed by atoms with E-state index < -0.39 is 44.5 Å². The lowest BCUT2D eigenvalue weighted by molar-refractivity contribution is -0.137. The molecule has 0 aliphatic rings. The highest BCUT2D eigenvalue weighted by Gasteiger charge is 2.35. The zero-order valence-corrected chi connectivity index (χ0v) is 12.7. The SMILES string of the molecule is CC(C)(C)N(CCC(=O)O)S(=O)(=O)c1ccc(F)cc1F. The van der Waals surface area contributed by atoms with E-state index in [2.05, 4.69) is 0 Å². The predicted octanol–water partition coefficient (Wildman–Crippen LogP) is 2.23. The number of hydrogen-bond acceptors (Lipinski definition) is 3. The van der Waals surface area contributed by atoms with Gasteiger partial charge in [0.25, 0.3) is 0 Å². The van der Waals surface area contributed by atoms with Crippen molar-refractivity contribution in [3.8, 4) is 0 Å². The Hall–Kier alpha value is -1.54. The van der Waals surface area contributed by atoms with Crippen LogP contribution in [0.1, 0.15) is 27.2 Å². The van der Waals surface area contributed by atoms with Crippen LogP contribution in [0.2, 0.25) is 0 Å². The number of carboxylic acids is 1. The molecule has 0 unspecified atom stereocenters. The van der Waals surface area contributed by atoms with E-state index in [1.54, 1.807) is 20.8 Å². The lowest BCUT2D eigenvalue weighted by Gasteiger charge is -2.34. The summed E-state index contributed by atoms with van der Waals surface area (Å²) in [5, 5.41) is 8.71. The molecule has 0 spiro atoms. The summed E-state index contributed by atoms with van der Waals surface area (Å²) in [5.74, 6) is -3.27. The second-order valence-corrected chi connectivity index (χ2v) is 7.30. The van der Waals surface area contributed by atoms with Crippen molar-refractivity contribution >= 4 is 16.0 Å². The van der Waals surface area contributed by atoms with Crippen molar-refractivity contribution in [2.75, 3.05) is 6.54 Å². The second kappa shape index (κ2) is 6.07. The van der Waals surface area contributed by atoms with Crippen LogP contribution >= 0.6 is 0 Å². The fourth-order valence-electron chi connectivity index (χ4n) is 1.82. The van der Waals surface area contributed by atoms with Gasteiger partial charge in [-0.15, -0.1) is 0 Å². The average molecular weight is 321 g/mol. The van der Waals surface area contributed by atoms with Gasteiger partial charge in [-0.3, -0.25) is 4.79 Å². The third-order valence-electron chi connectivity index (χ3n) is 2.74. The number of aliphatic carboxylic acids is 1. The molecule has 0 saturated carbocycles. The largest absolute Gasteiger partial charge is 0.481 e. The molecule has 0 aliphatic carbocycles. The summed E-state index contributed by atoms with van der Waals surface area (Å²) in [6.45, 7) is 4.38. The number of carbonyl (C=O) groups is 1. The molecule has 0 atom stereocenters. The van der Waals surface area contributed by atoms with Crippen LogP contribution < -0.4 is 0 Å². The van der Waals surface area contributed by atoms with Gasteiger partial charge in [0.05, 0.1) is 6.42 Å². The molecule has 5 nitrogen and oxygen atoms in total. The Labute approximate surface area is 122 Å². The summed E-state index contributed by atoms with van der Waals surface area (Å²) in [4.78, 5) is 9.98. The zero-order valence-electron chi connectivity index (χ0n) is 11.9. The normalized spacial score (nSPS) is 12.7. The maximum atomic E-state index is 13.7. The summed E-state index contributed by atoms with van der Waals surface area (Å²) in [7, 11) is -4.27. The van der Waals surface area contributed by atoms with Crippen LogP contribution in [-0.4, -0.2) is 35.9 Å². The molecule has 1 N–H and O–H groups in total. The highest BCUT2D eigenvalue weighted by Crippen LogP contribution is 2.26. The van der Waals surface area contributed by atoms with Crippen LogP contribution in [0.25, 0.3) is 0 Å². The van der Waals surface area contributed by atoms with E-state index >= 15 is 0 Å². The molecule has 1 aromatic carbocycles. The Balaban J connectivity index is 3.30. The van der Waals surface area contributed by atoms with E-state index in [9.17, 15) is 22.0 Å². The van der Waals surface area contributed by atoms with Crippen LogP contribution in [0.5, 0.6) is 0 Å². The monoisotopic (exact) mass is 321 g/mol. The second-order valence-electron chi connectivity index (χ2n) is 5.47. The van der Waals surface area contributed by atoms with E-state index in [1.165, 1.54) is 0 Å². The van der Waals surface area contributed by atoms with E-state index in [-0.39, 0.29) is 6.54 Å². The molecule has 0 aliphatic heterocycles. The van der Waals surface area contributed by atoms with E-state index in [0.717, 1.165) is 16.4 Å². The van der Waals surface area contributed by atoms with Crippen LogP contribution in [-0.2, 0) is 14.8 Å². The Morgan fingerprint density at radius 1 is 1.29 bits per heavy atom. The molecular formula is C13H17F2NO4S. The van der Waals surface area contributed by atoms with Gasteiger partial charge >= 0.3 is 5.97 Å². The Kier molecular flexibility index (Phi) is 5.06. The number of carboxylic acid groups (broad SMARTS) is 1. The fraction of sp³-hybridized carbons (Fsp3) is 0.462. The third kappa shape index (κ3) is 4.21. The van der Waals surface area contributed by atoms with Crippen molar-refractivity contribution in [1.29, 1.82) is 0 Å². The van der Waals surface area contributed by atoms with Gasteiger partial charge in [0, 0.05) is 18.2 Å². The summed E-state index contributed by atoms with van der Waals surface area (Å²) in [6, 6.07) is 2.15. The van der Waals surface area contributed by atoms with Crippen molar-refractivity contribution < 1.29 is 27.1 Å². The molecule has 0 aromatic heterocycles. The van der Waals surface area contributed by atoms with Gasteiger partial charge in [-0.2, -0.15) is 4.31 Å². The average Bonchev–Trinajstić information content (AvgIpc) is 2.25. The van der Waals surface area contributed by atoms with Crippen LogP contribution in [0, 0.1) is 11.6 Å². The number of benzene rings is 1. The van der Waals surface area contributed by atoms with E-state index in [0.29, 0.717) is 6.07 Å². The van der Waals surface area contributed by atoms with Crippen molar-refractivity contribution in [3.05, 3.63) is 29.8 Å². The van der Waals surface area contributed by atoms with Gasteiger partial charge in [0.1, 0.15) is 16.5 Å². The summed E-state index contributed by atoms with van der Waals surface area (Å²) < 4.78 is 52.5. The highest BCUT2D eigenvalue weighted by molar-refractivity contribution is 7.89. The minimum absolute atomic E-state index is 0.308. The first kappa shape index (κ1) is 17.5. The molecule has 0 radical (unpaired) electrons. The van der Waals surface area contributed by atoms with Crippen LogP contribution in [0.4, 0.5) is 8.78 Å². The molecule has 8 heteroatoms. The van der Waals surface area contributed by atoms with Gasteiger partial charge in [-0.25, -0.2) is 17.2 Å². The molecule has 0 bridgehead atoms. The minimum atomic E-state index is -4.27. The number of nitrogens with zero attached hydrogens (tertiary/aromatic N) is 1. The lowest BCUT2D eigenvalue weighted by atomic mass is 10.1. The number of hydrogen-bond donors (Lipinski definition) is 1. The van der Waals surface area contributed by atoms with Gasteiger partial charge in [-0.1, -0.05) is 0 Å². The van der Waals surface area contributed by atoms with Crippen LogP contribution in [0.3, 0.4) is 0 Å². The molecule has 0 heterocycles. The molecule has 0 amide bonds. The van der Waals surface area contributed by atoms with Gasteiger partial charge in [0.2, 0.25) is 10.0 Å². The molecule has 118 valence electrons. The van der Waals surface area contributed by atoms with Crippen molar-refractivity contribution in [2.24, 2.45) is 0 Å². The van der Waals surface area contributed by atoms with Crippen molar-refractivity contribution in [3.63, 3.8) is 0 Å². The zero-order chi connectivity index (χ0) is 16.4. The maximum Gasteiger partial charge on any atom is 0.304 e. The van der Waals surface area contributed by atoms with Crippen LogP contribution in [0.15, 0.2) is 23.1 Å². The molecular weight excluding hydrogens is 304 g/mol. The predicted molar refractivity (Wildman–Crippen MR) is 72.3 cm³/mol. The summed E-state index contributed by atoms with van der Waals surface area (Å²) in [5.41, 5.74) is -0.949. The van der Waals surface area contributed by atoms with E-state index in [1.807, 2.05) is 0 Å². The first-order valence-electron chi connectivity index (χ1n) is 6.16. The molecule has 0 fully saturated rings. The van der Waals surface area contributed by atoms with Crippen molar-refractivity contribution in [1.82, 2.24) is 4.31 Å². The Morgan fingerprint density at radius 3 is 2.29 bits per heavy atom. The summed E-state index contributed by atoms with van der Waals surface area (Å²) >= 11 is 0. The van der Waals surface area contributed by atoms with Gasteiger partial charge in [0.15, 0.2) is 0 Å². The highest BCUT2D eigenvalue weighted by atomic mass is 32.2. The number of sulfonamides is 1. The molecule has 0 saturated heterocycles. The minimum Gasteiger partial charge on any atom is -0.481 e. The standard InChI is InChI=1S/C13H17F2NO4S/c1-13(2,3)16(7-6-12(17)18)21(19,20)11-5-4-9(14)8-10(11)15/h4-5,8H,6-7H2,1-3H3,(H,17,18).